The second kappa shape index (κ2) is 4.67. The summed E-state index contributed by atoms with van der Waals surface area (Å²) in [5, 5.41) is 9.81. The predicted octanol–water partition coefficient (Wildman–Crippen LogP) is 2.92. The van der Waals surface area contributed by atoms with Gasteiger partial charge in [-0.05, 0) is 31.2 Å². The normalized spacial score (nSPS) is 17.5. The molecule has 1 aliphatic carbocycles. The molecule has 1 fully saturated rings. The smallest absolute Gasteiger partial charge is 0.125 e. The molecule has 1 atom stereocenters. The van der Waals surface area contributed by atoms with Crippen LogP contribution in [0.4, 0.5) is 0 Å². The van der Waals surface area contributed by atoms with Crippen LogP contribution in [0.25, 0.3) is 0 Å². The largest absolute Gasteiger partial charge is 0.493 e. The van der Waals surface area contributed by atoms with Crippen LogP contribution in [-0.2, 0) is 0 Å². The molecule has 15 heavy (non-hydrogen) atoms. The zero-order valence-electron chi connectivity index (χ0n) is 9.15. The highest BCUT2D eigenvalue weighted by Gasteiger charge is 2.22. The second-order valence-corrected chi connectivity index (χ2v) is 4.22. The van der Waals surface area contributed by atoms with Crippen LogP contribution in [0.3, 0.4) is 0 Å². The van der Waals surface area contributed by atoms with Gasteiger partial charge in [-0.25, -0.2) is 0 Å². The average Bonchev–Trinajstić information content (AvgIpc) is 3.09. The van der Waals surface area contributed by atoms with Crippen molar-refractivity contribution in [2.45, 2.75) is 32.3 Å². The molecule has 1 N–H and O–H groups in total. The van der Waals surface area contributed by atoms with Gasteiger partial charge >= 0.3 is 0 Å². The summed E-state index contributed by atoms with van der Waals surface area (Å²) in [7, 11) is 0. The molecule has 0 radical (unpaired) electrons. The van der Waals surface area contributed by atoms with Gasteiger partial charge < -0.3 is 9.84 Å². The van der Waals surface area contributed by atoms with E-state index >= 15 is 0 Å². The number of ether oxygens (including phenoxy) is 1. The molecule has 0 heterocycles. The van der Waals surface area contributed by atoms with Crippen molar-refractivity contribution in [1.29, 1.82) is 0 Å². The monoisotopic (exact) mass is 206 g/mol. The van der Waals surface area contributed by atoms with Gasteiger partial charge in [0.05, 0.1) is 12.7 Å². The Kier molecular flexibility index (Phi) is 3.27. The van der Waals surface area contributed by atoms with Gasteiger partial charge in [0, 0.05) is 5.56 Å². The van der Waals surface area contributed by atoms with Crippen molar-refractivity contribution >= 4 is 0 Å². The number of hydrogen-bond donors (Lipinski definition) is 1. The van der Waals surface area contributed by atoms with Gasteiger partial charge in [0.25, 0.3) is 0 Å². The maximum absolute atomic E-state index is 9.81. The molecule has 1 aliphatic rings. The Balaban J connectivity index is 2.05. The van der Waals surface area contributed by atoms with Crippen LogP contribution in [0.15, 0.2) is 24.3 Å². The molecular formula is C13H18O2. The van der Waals surface area contributed by atoms with Crippen LogP contribution >= 0.6 is 0 Å². The highest BCUT2D eigenvalue weighted by atomic mass is 16.5. The standard InChI is InChI=1S/C13H18O2/c1-2-12(14)11-5-3-4-6-13(11)15-9-10-7-8-10/h3-6,10,12,14H,2,7-9H2,1H3/t12-/m1/s1. The molecule has 82 valence electrons. The molecule has 1 saturated carbocycles. The Hall–Kier alpha value is -1.02. The van der Waals surface area contributed by atoms with E-state index in [0.717, 1.165) is 30.3 Å². The molecule has 0 saturated heterocycles. The first-order valence-electron chi connectivity index (χ1n) is 5.71. The summed E-state index contributed by atoms with van der Waals surface area (Å²) in [6.45, 7) is 2.77. The Morgan fingerprint density at radius 2 is 2.13 bits per heavy atom. The Morgan fingerprint density at radius 1 is 1.40 bits per heavy atom. The molecule has 2 heteroatoms. The highest BCUT2D eigenvalue weighted by Crippen LogP contribution is 2.32. The van der Waals surface area contributed by atoms with Crippen molar-refractivity contribution in [1.82, 2.24) is 0 Å². The van der Waals surface area contributed by atoms with Crippen LogP contribution in [0.5, 0.6) is 5.75 Å². The van der Waals surface area contributed by atoms with E-state index in [1.807, 2.05) is 31.2 Å². The molecular weight excluding hydrogens is 188 g/mol. The van der Waals surface area contributed by atoms with Crippen LogP contribution in [-0.4, -0.2) is 11.7 Å². The number of para-hydroxylation sites is 1. The summed E-state index contributed by atoms with van der Waals surface area (Å²) in [4.78, 5) is 0. The molecule has 0 bridgehead atoms. The van der Waals surface area contributed by atoms with E-state index in [4.69, 9.17) is 4.74 Å². The van der Waals surface area contributed by atoms with E-state index < -0.39 is 6.10 Å². The number of aliphatic hydroxyl groups is 1. The Bertz CT molecular complexity index is 318. The lowest BCUT2D eigenvalue weighted by atomic mass is 10.1. The third kappa shape index (κ3) is 2.72. The first-order chi connectivity index (χ1) is 7.31. The van der Waals surface area contributed by atoms with Crippen LogP contribution in [0, 0.1) is 5.92 Å². The first-order valence-corrected chi connectivity index (χ1v) is 5.71. The summed E-state index contributed by atoms with van der Waals surface area (Å²) in [6.07, 6.45) is 2.90. The highest BCUT2D eigenvalue weighted by molar-refractivity contribution is 5.35. The van der Waals surface area contributed by atoms with E-state index in [0.29, 0.717) is 0 Å². The molecule has 2 rings (SSSR count). The minimum absolute atomic E-state index is 0.402. The number of hydrogen-bond acceptors (Lipinski definition) is 2. The molecule has 1 aromatic carbocycles. The molecule has 2 nitrogen and oxygen atoms in total. The third-order valence-electron chi connectivity index (χ3n) is 2.84. The lowest BCUT2D eigenvalue weighted by Gasteiger charge is -2.14. The lowest BCUT2D eigenvalue weighted by molar-refractivity contribution is 0.166. The summed E-state index contributed by atoms with van der Waals surface area (Å²) in [5.41, 5.74) is 0.917. The SMILES string of the molecule is CC[C@@H](O)c1ccccc1OCC1CC1. The van der Waals surface area contributed by atoms with Crippen LogP contribution < -0.4 is 4.74 Å². The second-order valence-electron chi connectivity index (χ2n) is 4.22. The predicted molar refractivity (Wildman–Crippen MR) is 59.9 cm³/mol. The van der Waals surface area contributed by atoms with Gasteiger partial charge in [-0.15, -0.1) is 0 Å². The molecule has 0 unspecified atom stereocenters. The fourth-order valence-electron chi connectivity index (χ4n) is 1.60. The zero-order chi connectivity index (χ0) is 10.7. The summed E-state index contributed by atoms with van der Waals surface area (Å²) in [6, 6.07) is 7.78. The minimum atomic E-state index is -0.402. The first kappa shape index (κ1) is 10.5. The summed E-state index contributed by atoms with van der Waals surface area (Å²) >= 11 is 0. The fraction of sp³-hybridized carbons (Fsp3) is 0.538. The van der Waals surface area contributed by atoms with Gasteiger partial charge in [-0.1, -0.05) is 25.1 Å². The van der Waals surface area contributed by atoms with Gasteiger partial charge in [0.2, 0.25) is 0 Å². The number of aliphatic hydroxyl groups excluding tert-OH is 1. The van der Waals surface area contributed by atoms with Crippen molar-refractivity contribution in [3.63, 3.8) is 0 Å². The fourth-order valence-corrected chi connectivity index (χ4v) is 1.60. The van der Waals surface area contributed by atoms with Gasteiger partial charge in [0.1, 0.15) is 5.75 Å². The Labute approximate surface area is 90.9 Å². The van der Waals surface area contributed by atoms with E-state index in [-0.39, 0.29) is 0 Å². The van der Waals surface area contributed by atoms with Crippen molar-refractivity contribution in [3.8, 4) is 5.75 Å². The summed E-state index contributed by atoms with van der Waals surface area (Å²) < 4.78 is 5.72. The lowest BCUT2D eigenvalue weighted by Crippen LogP contribution is -2.04. The van der Waals surface area contributed by atoms with E-state index in [2.05, 4.69) is 0 Å². The number of rotatable bonds is 5. The van der Waals surface area contributed by atoms with Crippen LogP contribution in [0.2, 0.25) is 0 Å². The van der Waals surface area contributed by atoms with Gasteiger partial charge in [-0.2, -0.15) is 0 Å². The minimum Gasteiger partial charge on any atom is -0.493 e. The van der Waals surface area contributed by atoms with E-state index in [1.165, 1.54) is 12.8 Å². The van der Waals surface area contributed by atoms with E-state index in [9.17, 15) is 5.11 Å². The van der Waals surface area contributed by atoms with Crippen molar-refractivity contribution in [2.24, 2.45) is 5.92 Å². The zero-order valence-corrected chi connectivity index (χ0v) is 9.15. The third-order valence-corrected chi connectivity index (χ3v) is 2.84. The molecule has 0 aliphatic heterocycles. The topological polar surface area (TPSA) is 29.5 Å². The molecule has 0 amide bonds. The maximum Gasteiger partial charge on any atom is 0.125 e. The molecule has 0 spiro atoms. The van der Waals surface area contributed by atoms with Gasteiger partial charge in [0.15, 0.2) is 0 Å². The van der Waals surface area contributed by atoms with E-state index in [1.54, 1.807) is 0 Å². The quantitative estimate of drug-likeness (QED) is 0.802. The average molecular weight is 206 g/mol. The van der Waals surface area contributed by atoms with Crippen molar-refractivity contribution in [3.05, 3.63) is 29.8 Å². The molecule has 1 aromatic rings. The summed E-state index contributed by atoms with van der Waals surface area (Å²) in [5.74, 6) is 1.59. The van der Waals surface area contributed by atoms with Crippen molar-refractivity contribution < 1.29 is 9.84 Å². The van der Waals surface area contributed by atoms with Gasteiger partial charge in [-0.3, -0.25) is 0 Å². The Morgan fingerprint density at radius 3 is 2.80 bits per heavy atom. The maximum atomic E-state index is 9.81. The van der Waals surface area contributed by atoms with Crippen molar-refractivity contribution in [2.75, 3.05) is 6.61 Å². The van der Waals surface area contributed by atoms with Crippen LogP contribution in [0.1, 0.15) is 37.9 Å². The molecule has 0 aromatic heterocycles. The number of benzene rings is 1.